The zero-order valence-corrected chi connectivity index (χ0v) is 18.0. The Kier molecular flexibility index (Phi) is 4.74. The lowest BCUT2D eigenvalue weighted by Crippen LogP contribution is -2.17. The molecule has 0 N–H and O–H groups in total. The summed E-state index contributed by atoms with van der Waals surface area (Å²) in [4.78, 5) is 14.1. The maximum Gasteiger partial charge on any atom is 0.354 e. The molecule has 1 aliphatic heterocycles. The molecule has 0 bridgehead atoms. The normalized spacial score (nSPS) is 12.4. The van der Waals surface area contributed by atoms with Gasteiger partial charge >= 0.3 is 5.97 Å². The number of hydrogen-bond acceptors (Lipinski definition) is 9. The molecule has 0 saturated carbocycles. The predicted molar refractivity (Wildman–Crippen MR) is 113 cm³/mol. The van der Waals surface area contributed by atoms with Crippen LogP contribution in [0.2, 0.25) is 0 Å². The van der Waals surface area contributed by atoms with Crippen LogP contribution in [0.1, 0.15) is 23.0 Å². The van der Waals surface area contributed by atoms with E-state index in [0.717, 1.165) is 39.4 Å². The van der Waals surface area contributed by atoms with E-state index in [-0.39, 0.29) is 5.97 Å². The highest BCUT2D eigenvalue weighted by atomic mass is 32.1. The van der Waals surface area contributed by atoms with E-state index in [1.54, 1.807) is 26.6 Å². The van der Waals surface area contributed by atoms with Gasteiger partial charge in [-0.25, -0.2) is 4.79 Å². The fourth-order valence-corrected chi connectivity index (χ4v) is 4.49. The Morgan fingerprint density at radius 1 is 1.19 bits per heavy atom. The van der Waals surface area contributed by atoms with Gasteiger partial charge in [-0.2, -0.15) is 4.80 Å². The van der Waals surface area contributed by atoms with Gasteiger partial charge in [0.25, 0.3) is 0 Å². The minimum absolute atomic E-state index is 0.309. The van der Waals surface area contributed by atoms with Gasteiger partial charge in [0.1, 0.15) is 22.0 Å². The highest BCUT2D eigenvalue weighted by molar-refractivity contribution is 7.12. The van der Waals surface area contributed by atoms with Crippen molar-refractivity contribution in [2.45, 2.75) is 19.9 Å². The van der Waals surface area contributed by atoms with E-state index >= 15 is 0 Å². The van der Waals surface area contributed by atoms with Crippen LogP contribution in [0.4, 0.5) is 0 Å². The number of carbonyl (C=O) groups is 1. The van der Waals surface area contributed by atoms with Gasteiger partial charge in [0.05, 0.1) is 32.0 Å². The summed E-state index contributed by atoms with van der Waals surface area (Å²) < 4.78 is 12.9. The summed E-state index contributed by atoms with van der Waals surface area (Å²) in [5.74, 6) is 0.788. The van der Waals surface area contributed by atoms with E-state index in [0.29, 0.717) is 30.4 Å². The minimum atomic E-state index is -0.354. The van der Waals surface area contributed by atoms with E-state index in [9.17, 15) is 4.79 Å². The van der Waals surface area contributed by atoms with Crippen molar-refractivity contribution >= 4 is 17.3 Å². The Morgan fingerprint density at radius 3 is 2.74 bits per heavy atom. The van der Waals surface area contributed by atoms with Gasteiger partial charge in [0, 0.05) is 17.7 Å². The smallest absolute Gasteiger partial charge is 0.354 e. The van der Waals surface area contributed by atoms with Crippen molar-refractivity contribution in [3.63, 3.8) is 0 Å². The molecule has 4 heterocycles. The molecule has 10 nitrogen and oxygen atoms in total. The molecule has 0 unspecified atom stereocenters. The molecule has 0 saturated heterocycles. The Labute approximate surface area is 181 Å². The number of aromatic nitrogens is 7. The quantitative estimate of drug-likeness (QED) is 0.438. The van der Waals surface area contributed by atoms with E-state index in [1.807, 2.05) is 22.8 Å². The molecule has 31 heavy (non-hydrogen) atoms. The fourth-order valence-electron chi connectivity index (χ4n) is 3.92. The van der Waals surface area contributed by atoms with Crippen LogP contribution in [0, 0.1) is 0 Å². The lowest BCUT2D eigenvalue weighted by atomic mass is 9.93. The first kappa shape index (κ1) is 19.4. The van der Waals surface area contributed by atoms with Crippen LogP contribution in [0.5, 0.6) is 5.75 Å². The molecule has 4 aromatic rings. The highest BCUT2D eigenvalue weighted by Crippen LogP contribution is 2.44. The van der Waals surface area contributed by atoms with Gasteiger partial charge in [-0.3, -0.25) is 0 Å². The topological polar surface area (TPSA) is 110 Å². The second-order valence-electron chi connectivity index (χ2n) is 6.97. The Bertz CT molecular complexity index is 1280. The molecule has 0 amide bonds. The summed E-state index contributed by atoms with van der Waals surface area (Å²) in [5.41, 5.74) is 6.72. The Morgan fingerprint density at radius 2 is 2.06 bits per heavy atom. The summed E-state index contributed by atoms with van der Waals surface area (Å²) in [6.07, 6.45) is 0.740. The highest BCUT2D eigenvalue weighted by Gasteiger charge is 2.30. The molecule has 0 spiro atoms. The molecule has 0 atom stereocenters. The Balaban J connectivity index is 1.76. The summed E-state index contributed by atoms with van der Waals surface area (Å²) in [6, 6.07) is 5.84. The minimum Gasteiger partial charge on any atom is -0.496 e. The molecular weight excluding hydrogens is 418 g/mol. The SMILES string of the molecule is CCOC(=O)c1cc(-c2nncs2)c2n1CCc1cc(OC)c(-c3nnn(C)n3)cc1-2. The number of ether oxygens (including phenoxy) is 2. The van der Waals surface area contributed by atoms with Crippen molar-refractivity contribution in [1.82, 2.24) is 35.0 Å². The van der Waals surface area contributed by atoms with E-state index in [2.05, 4.69) is 25.6 Å². The van der Waals surface area contributed by atoms with Crippen molar-refractivity contribution in [2.75, 3.05) is 13.7 Å². The third-order valence-electron chi connectivity index (χ3n) is 5.21. The first-order valence-electron chi connectivity index (χ1n) is 9.73. The number of carbonyl (C=O) groups excluding carboxylic acids is 1. The number of rotatable bonds is 5. The number of nitrogens with zero attached hydrogens (tertiary/aromatic N) is 7. The predicted octanol–water partition coefficient (Wildman–Crippen LogP) is 2.61. The second-order valence-corrected chi connectivity index (χ2v) is 7.80. The lowest BCUT2D eigenvalue weighted by molar-refractivity contribution is 0.0514. The lowest BCUT2D eigenvalue weighted by Gasteiger charge is -2.23. The Hall–Kier alpha value is -3.60. The van der Waals surface area contributed by atoms with Gasteiger partial charge in [0.15, 0.2) is 0 Å². The molecule has 5 rings (SSSR count). The molecular formula is C20H19N7O3S. The van der Waals surface area contributed by atoms with Crippen molar-refractivity contribution in [3.05, 3.63) is 35.0 Å². The standard InChI is InChI=1S/C20H19N7O3S/c1-4-30-20(28)15-9-14(19-23-21-10-31-19)17-12-8-13(18-22-25-26(2)24-18)16(29-3)7-11(12)5-6-27(15)17/h7-10H,4-6H2,1-3H3. The maximum atomic E-state index is 12.7. The van der Waals surface area contributed by atoms with E-state index < -0.39 is 0 Å². The van der Waals surface area contributed by atoms with Gasteiger partial charge in [-0.1, -0.05) is 11.3 Å². The van der Waals surface area contributed by atoms with Crippen LogP contribution >= 0.6 is 11.3 Å². The van der Waals surface area contributed by atoms with Gasteiger partial charge in [0.2, 0.25) is 5.82 Å². The van der Waals surface area contributed by atoms with Crippen molar-refractivity contribution in [1.29, 1.82) is 0 Å². The van der Waals surface area contributed by atoms with Crippen LogP contribution in [-0.4, -0.2) is 54.7 Å². The van der Waals surface area contributed by atoms with Gasteiger partial charge < -0.3 is 14.0 Å². The monoisotopic (exact) mass is 437 g/mol. The third-order valence-corrected chi connectivity index (χ3v) is 5.93. The maximum absolute atomic E-state index is 12.7. The number of benzene rings is 1. The first-order valence-corrected chi connectivity index (χ1v) is 10.6. The summed E-state index contributed by atoms with van der Waals surface area (Å²) in [7, 11) is 3.34. The van der Waals surface area contributed by atoms with Gasteiger partial charge in [-0.15, -0.1) is 20.4 Å². The molecule has 0 aliphatic carbocycles. The first-order chi connectivity index (χ1) is 15.1. The van der Waals surface area contributed by atoms with Crippen molar-refractivity contribution in [3.8, 4) is 39.0 Å². The summed E-state index contributed by atoms with van der Waals surface area (Å²) in [6.45, 7) is 2.75. The van der Waals surface area contributed by atoms with E-state index in [4.69, 9.17) is 9.47 Å². The average molecular weight is 437 g/mol. The molecule has 0 radical (unpaired) electrons. The molecule has 3 aromatic heterocycles. The largest absolute Gasteiger partial charge is 0.496 e. The number of fused-ring (bicyclic) bond motifs is 3. The number of methoxy groups -OCH3 is 1. The number of aryl methyl sites for hydroxylation is 2. The summed E-state index contributed by atoms with van der Waals surface area (Å²) in [5, 5.41) is 21.4. The zero-order chi connectivity index (χ0) is 21.5. The summed E-state index contributed by atoms with van der Waals surface area (Å²) >= 11 is 1.42. The zero-order valence-electron chi connectivity index (χ0n) is 17.2. The van der Waals surface area contributed by atoms with E-state index in [1.165, 1.54) is 16.1 Å². The number of esters is 1. The molecule has 1 aliphatic rings. The third kappa shape index (κ3) is 3.17. The molecule has 0 fully saturated rings. The van der Waals surface area contributed by atoms with Crippen molar-refractivity contribution < 1.29 is 14.3 Å². The average Bonchev–Trinajstić information content (AvgIpc) is 3.52. The van der Waals surface area contributed by atoms with Crippen molar-refractivity contribution in [2.24, 2.45) is 7.05 Å². The van der Waals surface area contributed by atoms with Crippen LogP contribution in [-0.2, 0) is 24.8 Å². The van der Waals surface area contributed by atoms with Crippen LogP contribution in [0.15, 0.2) is 23.7 Å². The van der Waals surface area contributed by atoms with Crippen LogP contribution < -0.4 is 4.74 Å². The number of hydrogen-bond donors (Lipinski definition) is 0. The van der Waals surface area contributed by atoms with Crippen LogP contribution in [0.3, 0.4) is 0 Å². The molecule has 11 heteroatoms. The second kappa shape index (κ2) is 7.58. The number of tetrazole rings is 1. The van der Waals surface area contributed by atoms with Gasteiger partial charge in [-0.05, 0) is 42.3 Å². The fraction of sp³-hybridized carbons (Fsp3) is 0.300. The molecule has 158 valence electrons. The molecule has 1 aromatic carbocycles. The van der Waals surface area contributed by atoms with Crippen LogP contribution in [0.25, 0.3) is 33.2 Å².